The Hall–Kier alpha value is -1.75. The molecule has 1 aliphatic rings. The average molecular weight is 230 g/mol. The standard InChI is InChI=1S/C12H14N4O/c1-8-15-12(16-17-8)11-7-14-6-10(11)9-2-4-13-5-3-9/h2-5,10-11,14H,6-7H2,1H3. The topological polar surface area (TPSA) is 63.8 Å². The van der Waals surface area contributed by atoms with Crippen LogP contribution in [-0.2, 0) is 0 Å². The minimum absolute atomic E-state index is 0.287. The number of nitrogens with one attached hydrogen (secondary N) is 1. The number of aromatic nitrogens is 3. The van der Waals surface area contributed by atoms with Crippen LogP contribution >= 0.6 is 0 Å². The van der Waals surface area contributed by atoms with Gasteiger partial charge in [0.2, 0.25) is 5.89 Å². The second-order valence-electron chi connectivity index (χ2n) is 4.32. The highest BCUT2D eigenvalue weighted by Crippen LogP contribution is 2.33. The highest BCUT2D eigenvalue weighted by atomic mass is 16.5. The summed E-state index contributed by atoms with van der Waals surface area (Å²) in [5, 5.41) is 7.42. The van der Waals surface area contributed by atoms with Gasteiger partial charge < -0.3 is 9.84 Å². The summed E-state index contributed by atoms with van der Waals surface area (Å²) in [5.41, 5.74) is 1.28. The molecule has 0 bridgehead atoms. The molecule has 88 valence electrons. The van der Waals surface area contributed by atoms with Gasteiger partial charge in [0, 0.05) is 44.2 Å². The number of hydrogen-bond acceptors (Lipinski definition) is 5. The van der Waals surface area contributed by atoms with Crippen LogP contribution in [0.5, 0.6) is 0 Å². The Balaban J connectivity index is 1.90. The van der Waals surface area contributed by atoms with Crippen LogP contribution in [0.4, 0.5) is 0 Å². The monoisotopic (exact) mass is 230 g/mol. The van der Waals surface area contributed by atoms with Gasteiger partial charge in [0.15, 0.2) is 5.82 Å². The van der Waals surface area contributed by atoms with Crippen molar-refractivity contribution >= 4 is 0 Å². The molecule has 2 atom stereocenters. The first kappa shape index (κ1) is 10.4. The second kappa shape index (κ2) is 4.25. The molecular weight excluding hydrogens is 216 g/mol. The lowest BCUT2D eigenvalue weighted by molar-refractivity contribution is 0.382. The van der Waals surface area contributed by atoms with Crippen LogP contribution in [0.15, 0.2) is 29.0 Å². The van der Waals surface area contributed by atoms with E-state index in [4.69, 9.17) is 4.52 Å². The van der Waals surface area contributed by atoms with Crippen molar-refractivity contribution < 1.29 is 4.52 Å². The van der Waals surface area contributed by atoms with Crippen LogP contribution in [-0.4, -0.2) is 28.2 Å². The summed E-state index contributed by atoms with van der Waals surface area (Å²) in [6, 6.07) is 4.11. The number of pyridine rings is 1. The second-order valence-corrected chi connectivity index (χ2v) is 4.32. The van der Waals surface area contributed by atoms with E-state index >= 15 is 0 Å². The first-order valence-corrected chi connectivity index (χ1v) is 5.75. The average Bonchev–Trinajstić information content (AvgIpc) is 2.98. The fraction of sp³-hybridized carbons (Fsp3) is 0.417. The van der Waals surface area contributed by atoms with Gasteiger partial charge in [0.1, 0.15) is 0 Å². The van der Waals surface area contributed by atoms with Crippen molar-refractivity contribution in [3.63, 3.8) is 0 Å². The molecule has 3 rings (SSSR count). The Kier molecular flexibility index (Phi) is 2.60. The summed E-state index contributed by atoms with van der Waals surface area (Å²) < 4.78 is 5.06. The van der Waals surface area contributed by atoms with E-state index in [1.165, 1.54) is 5.56 Å². The first-order chi connectivity index (χ1) is 8.34. The minimum atomic E-state index is 0.287. The van der Waals surface area contributed by atoms with E-state index < -0.39 is 0 Å². The molecule has 5 heteroatoms. The zero-order valence-electron chi connectivity index (χ0n) is 9.63. The molecule has 17 heavy (non-hydrogen) atoms. The highest BCUT2D eigenvalue weighted by molar-refractivity contribution is 5.23. The maximum atomic E-state index is 5.06. The van der Waals surface area contributed by atoms with Gasteiger partial charge in [-0.2, -0.15) is 4.98 Å². The van der Waals surface area contributed by atoms with Gasteiger partial charge in [0.05, 0.1) is 0 Å². The van der Waals surface area contributed by atoms with E-state index in [1.807, 2.05) is 19.3 Å². The number of hydrogen-bond donors (Lipinski definition) is 1. The summed E-state index contributed by atoms with van der Waals surface area (Å²) in [6.07, 6.45) is 3.65. The number of nitrogens with zero attached hydrogens (tertiary/aromatic N) is 3. The predicted octanol–water partition coefficient (Wildman–Crippen LogP) is 1.24. The molecule has 0 aliphatic carbocycles. The third kappa shape index (κ3) is 1.93. The fourth-order valence-electron chi connectivity index (χ4n) is 2.38. The highest BCUT2D eigenvalue weighted by Gasteiger charge is 2.32. The molecule has 0 aromatic carbocycles. The molecule has 1 N–H and O–H groups in total. The van der Waals surface area contributed by atoms with E-state index in [1.54, 1.807) is 0 Å². The van der Waals surface area contributed by atoms with E-state index in [9.17, 15) is 0 Å². The molecule has 2 aromatic rings. The Morgan fingerprint density at radius 1 is 1.24 bits per heavy atom. The van der Waals surface area contributed by atoms with Gasteiger partial charge in [-0.1, -0.05) is 5.16 Å². The lowest BCUT2D eigenvalue weighted by Gasteiger charge is -2.15. The van der Waals surface area contributed by atoms with Gasteiger partial charge in [0.25, 0.3) is 0 Å². The Bertz CT molecular complexity index is 496. The van der Waals surface area contributed by atoms with Gasteiger partial charge in [-0.25, -0.2) is 0 Å². The van der Waals surface area contributed by atoms with Crippen molar-refractivity contribution in [3.05, 3.63) is 41.8 Å². The van der Waals surface area contributed by atoms with E-state index in [0.717, 1.165) is 18.9 Å². The normalized spacial score (nSPS) is 24.1. The third-order valence-corrected chi connectivity index (χ3v) is 3.22. The van der Waals surface area contributed by atoms with E-state index in [0.29, 0.717) is 11.8 Å². The summed E-state index contributed by atoms with van der Waals surface area (Å²) in [5.74, 6) is 2.11. The molecule has 1 fully saturated rings. The van der Waals surface area contributed by atoms with E-state index in [-0.39, 0.29) is 5.92 Å². The molecule has 3 heterocycles. The third-order valence-electron chi connectivity index (χ3n) is 3.22. The van der Waals surface area contributed by atoms with Crippen LogP contribution in [0.1, 0.15) is 29.1 Å². The van der Waals surface area contributed by atoms with Crippen LogP contribution in [0.3, 0.4) is 0 Å². The zero-order chi connectivity index (χ0) is 11.7. The molecule has 1 saturated heterocycles. The largest absolute Gasteiger partial charge is 0.340 e. The zero-order valence-corrected chi connectivity index (χ0v) is 9.63. The lowest BCUT2D eigenvalue weighted by atomic mass is 9.89. The first-order valence-electron chi connectivity index (χ1n) is 5.75. The maximum Gasteiger partial charge on any atom is 0.223 e. The molecule has 2 unspecified atom stereocenters. The SMILES string of the molecule is Cc1nc(C2CNCC2c2ccncc2)no1. The molecule has 0 spiro atoms. The van der Waals surface area contributed by atoms with Crippen molar-refractivity contribution in [3.8, 4) is 0 Å². The maximum absolute atomic E-state index is 5.06. The minimum Gasteiger partial charge on any atom is -0.340 e. The number of rotatable bonds is 2. The molecule has 0 radical (unpaired) electrons. The Morgan fingerprint density at radius 2 is 2.00 bits per heavy atom. The number of aryl methyl sites for hydroxylation is 1. The molecule has 2 aromatic heterocycles. The van der Waals surface area contributed by atoms with Gasteiger partial charge in [-0.05, 0) is 17.7 Å². The van der Waals surface area contributed by atoms with Crippen LogP contribution in [0.2, 0.25) is 0 Å². The summed E-state index contributed by atoms with van der Waals surface area (Å²) in [7, 11) is 0. The molecule has 0 amide bonds. The van der Waals surface area contributed by atoms with Crippen molar-refractivity contribution in [2.24, 2.45) is 0 Å². The summed E-state index contributed by atoms with van der Waals surface area (Å²) in [6.45, 7) is 3.66. The van der Waals surface area contributed by atoms with Gasteiger partial charge in [-0.15, -0.1) is 0 Å². The quantitative estimate of drug-likeness (QED) is 0.841. The van der Waals surface area contributed by atoms with Crippen LogP contribution < -0.4 is 5.32 Å². The van der Waals surface area contributed by atoms with Crippen molar-refractivity contribution in [1.82, 2.24) is 20.4 Å². The van der Waals surface area contributed by atoms with Crippen LogP contribution in [0, 0.1) is 6.92 Å². The Labute approximate surface area is 99.3 Å². The lowest BCUT2D eigenvalue weighted by Crippen LogP contribution is -2.10. The fourth-order valence-corrected chi connectivity index (χ4v) is 2.38. The van der Waals surface area contributed by atoms with Crippen molar-refractivity contribution in [1.29, 1.82) is 0 Å². The van der Waals surface area contributed by atoms with Gasteiger partial charge in [-0.3, -0.25) is 4.98 Å². The van der Waals surface area contributed by atoms with E-state index in [2.05, 4.69) is 32.6 Å². The molecule has 0 saturated carbocycles. The smallest absolute Gasteiger partial charge is 0.223 e. The summed E-state index contributed by atoms with van der Waals surface area (Å²) >= 11 is 0. The summed E-state index contributed by atoms with van der Waals surface area (Å²) in [4.78, 5) is 8.38. The molecule has 5 nitrogen and oxygen atoms in total. The predicted molar refractivity (Wildman–Crippen MR) is 61.6 cm³/mol. The van der Waals surface area contributed by atoms with Gasteiger partial charge >= 0.3 is 0 Å². The molecular formula is C12H14N4O. The Morgan fingerprint density at radius 3 is 2.71 bits per heavy atom. The van der Waals surface area contributed by atoms with Crippen LogP contribution in [0.25, 0.3) is 0 Å². The van der Waals surface area contributed by atoms with Crippen molar-refractivity contribution in [2.75, 3.05) is 13.1 Å². The van der Waals surface area contributed by atoms with Crippen molar-refractivity contribution in [2.45, 2.75) is 18.8 Å². The molecule has 1 aliphatic heterocycles.